The van der Waals surface area contributed by atoms with Gasteiger partial charge in [-0.1, -0.05) is 25.8 Å². The van der Waals surface area contributed by atoms with Crippen LogP contribution in [0.4, 0.5) is 8.78 Å². The van der Waals surface area contributed by atoms with Gasteiger partial charge in [-0.05, 0) is 24.5 Å². The van der Waals surface area contributed by atoms with Crippen molar-refractivity contribution in [2.45, 2.75) is 32.6 Å². The van der Waals surface area contributed by atoms with Crippen LogP contribution >= 0.6 is 0 Å². The first-order chi connectivity index (χ1) is 9.67. The molecule has 1 aromatic carbocycles. The zero-order valence-corrected chi connectivity index (χ0v) is 12.2. The van der Waals surface area contributed by atoms with Gasteiger partial charge >= 0.3 is 0 Å². The molecule has 0 saturated heterocycles. The Kier molecular flexibility index (Phi) is 7.62. The van der Waals surface area contributed by atoms with E-state index in [1.807, 2.05) is 0 Å². The summed E-state index contributed by atoms with van der Waals surface area (Å²) >= 11 is 0. The molecule has 0 radical (unpaired) electrons. The smallest absolute Gasteiger partial charge is 0.190 e. The Morgan fingerprint density at radius 1 is 1.15 bits per heavy atom. The molecular formula is C15H23F2N3. The third-order valence-electron chi connectivity index (χ3n) is 3.00. The van der Waals surface area contributed by atoms with Gasteiger partial charge in [-0.2, -0.15) is 0 Å². The highest BCUT2D eigenvalue weighted by atomic mass is 19.1. The number of unbranched alkanes of at least 4 members (excludes halogenated alkanes) is 2. The number of benzene rings is 1. The predicted octanol–water partition coefficient (Wildman–Crippen LogP) is 2.86. The minimum atomic E-state index is -0.549. The van der Waals surface area contributed by atoms with Crippen molar-refractivity contribution in [3.8, 4) is 0 Å². The normalized spacial score (nSPS) is 11.5. The highest BCUT2D eigenvalue weighted by molar-refractivity contribution is 5.79. The molecule has 0 aromatic heterocycles. The summed E-state index contributed by atoms with van der Waals surface area (Å²) in [6.07, 6.45) is 3.95. The van der Waals surface area contributed by atoms with E-state index in [9.17, 15) is 8.78 Å². The molecule has 0 spiro atoms. The second kappa shape index (κ2) is 9.28. The van der Waals surface area contributed by atoms with Crippen LogP contribution < -0.4 is 10.6 Å². The molecule has 0 bridgehead atoms. The zero-order valence-electron chi connectivity index (χ0n) is 12.2. The van der Waals surface area contributed by atoms with Crippen LogP contribution in [-0.4, -0.2) is 26.1 Å². The van der Waals surface area contributed by atoms with Gasteiger partial charge in [-0.15, -0.1) is 0 Å². The standard InChI is InChI=1S/C15H23F2N3/c1-3-4-5-9-19-15(18-2)20-10-8-12-6-7-13(16)11-14(12)17/h6-7,11H,3-5,8-10H2,1-2H3,(H2,18,19,20). The molecule has 0 fully saturated rings. The van der Waals surface area contributed by atoms with Crippen LogP contribution in [0.5, 0.6) is 0 Å². The molecule has 3 nitrogen and oxygen atoms in total. The van der Waals surface area contributed by atoms with Crippen LogP contribution in [0.2, 0.25) is 0 Å². The molecule has 0 saturated carbocycles. The van der Waals surface area contributed by atoms with E-state index < -0.39 is 11.6 Å². The lowest BCUT2D eigenvalue weighted by atomic mass is 10.1. The second-order valence-electron chi connectivity index (χ2n) is 4.62. The number of nitrogens with zero attached hydrogens (tertiary/aromatic N) is 1. The van der Waals surface area contributed by atoms with Crippen molar-refractivity contribution in [3.05, 3.63) is 35.4 Å². The molecule has 1 rings (SSSR count). The first-order valence-corrected chi connectivity index (χ1v) is 7.05. The van der Waals surface area contributed by atoms with Gasteiger partial charge in [0.1, 0.15) is 11.6 Å². The van der Waals surface area contributed by atoms with Crippen molar-refractivity contribution in [2.24, 2.45) is 4.99 Å². The highest BCUT2D eigenvalue weighted by Gasteiger charge is 2.04. The van der Waals surface area contributed by atoms with E-state index in [0.717, 1.165) is 19.0 Å². The van der Waals surface area contributed by atoms with Gasteiger partial charge in [0.15, 0.2) is 5.96 Å². The van der Waals surface area contributed by atoms with Crippen molar-refractivity contribution in [1.29, 1.82) is 0 Å². The second-order valence-corrected chi connectivity index (χ2v) is 4.62. The molecule has 5 heteroatoms. The summed E-state index contributed by atoms with van der Waals surface area (Å²) in [5, 5.41) is 6.31. The van der Waals surface area contributed by atoms with E-state index in [-0.39, 0.29) is 0 Å². The number of aliphatic imine (C=N–C) groups is 1. The topological polar surface area (TPSA) is 36.4 Å². The van der Waals surface area contributed by atoms with E-state index in [1.54, 1.807) is 7.05 Å². The van der Waals surface area contributed by atoms with Gasteiger partial charge in [0.25, 0.3) is 0 Å². The van der Waals surface area contributed by atoms with E-state index in [0.29, 0.717) is 24.5 Å². The molecule has 0 aliphatic carbocycles. The highest BCUT2D eigenvalue weighted by Crippen LogP contribution is 2.09. The fourth-order valence-corrected chi connectivity index (χ4v) is 1.84. The van der Waals surface area contributed by atoms with Crippen molar-refractivity contribution < 1.29 is 8.78 Å². The molecule has 0 aliphatic rings. The molecule has 20 heavy (non-hydrogen) atoms. The Morgan fingerprint density at radius 3 is 2.55 bits per heavy atom. The summed E-state index contributed by atoms with van der Waals surface area (Å²) in [6, 6.07) is 3.66. The van der Waals surface area contributed by atoms with Gasteiger partial charge in [-0.25, -0.2) is 8.78 Å². The molecule has 112 valence electrons. The summed E-state index contributed by atoms with van der Waals surface area (Å²) in [5.41, 5.74) is 0.500. The van der Waals surface area contributed by atoms with Crippen molar-refractivity contribution >= 4 is 5.96 Å². The maximum absolute atomic E-state index is 13.4. The summed E-state index contributed by atoms with van der Waals surface area (Å²) in [7, 11) is 1.70. The van der Waals surface area contributed by atoms with E-state index >= 15 is 0 Å². The lowest BCUT2D eigenvalue weighted by Gasteiger charge is -2.12. The number of halogens is 2. The van der Waals surface area contributed by atoms with E-state index in [4.69, 9.17) is 0 Å². The molecule has 0 unspecified atom stereocenters. The largest absolute Gasteiger partial charge is 0.356 e. The molecule has 0 atom stereocenters. The minimum absolute atomic E-state index is 0.488. The van der Waals surface area contributed by atoms with Gasteiger partial charge in [-0.3, -0.25) is 4.99 Å². The fraction of sp³-hybridized carbons (Fsp3) is 0.533. The maximum atomic E-state index is 13.4. The SMILES string of the molecule is CCCCCNC(=NC)NCCc1ccc(F)cc1F. The third-order valence-corrected chi connectivity index (χ3v) is 3.00. The van der Waals surface area contributed by atoms with Gasteiger partial charge in [0.2, 0.25) is 0 Å². The predicted molar refractivity (Wildman–Crippen MR) is 79.0 cm³/mol. The summed E-state index contributed by atoms with van der Waals surface area (Å²) in [6.45, 7) is 3.58. The monoisotopic (exact) mass is 283 g/mol. The molecule has 0 heterocycles. The molecule has 0 aliphatic heterocycles. The number of hydrogen-bond donors (Lipinski definition) is 2. The van der Waals surface area contributed by atoms with Gasteiger partial charge < -0.3 is 10.6 Å². The number of hydrogen-bond acceptors (Lipinski definition) is 1. The molecule has 1 aromatic rings. The van der Waals surface area contributed by atoms with Crippen LogP contribution in [0.3, 0.4) is 0 Å². The average molecular weight is 283 g/mol. The van der Waals surface area contributed by atoms with Crippen molar-refractivity contribution in [1.82, 2.24) is 10.6 Å². The van der Waals surface area contributed by atoms with E-state index in [2.05, 4.69) is 22.5 Å². The molecular weight excluding hydrogens is 260 g/mol. The molecule has 2 N–H and O–H groups in total. The quantitative estimate of drug-likeness (QED) is 0.458. The third kappa shape index (κ3) is 5.99. The van der Waals surface area contributed by atoms with Crippen LogP contribution in [0.15, 0.2) is 23.2 Å². The van der Waals surface area contributed by atoms with Crippen LogP contribution in [-0.2, 0) is 6.42 Å². The average Bonchev–Trinajstić information content (AvgIpc) is 2.43. The van der Waals surface area contributed by atoms with E-state index in [1.165, 1.54) is 25.0 Å². The Labute approximate surface area is 119 Å². The van der Waals surface area contributed by atoms with Gasteiger partial charge in [0, 0.05) is 26.2 Å². The Hall–Kier alpha value is -1.65. The number of rotatable bonds is 7. The van der Waals surface area contributed by atoms with Crippen LogP contribution in [0.1, 0.15) is 31.7 Å². The number of nitrogens with one attached hydrogen (secondary N) is 2. The molecule has 0 amide bonds. The zero-order chi connectivity index (χ0) is 14.8. The summed E-state index contributed by atoms with van der Waals surface area (Å²) < 4.78 is 26.2. The summed E-state index contributed by atoms with van der Waals surface area (Å²) in [5.74, 6) is -0.339. The fourth-order valence-electron chi connectivity index (χ4n) is 1.84. The summed E-state index contributed by atoms with van der Waals surface area (Å²) in [4.78, 5) is 4.09. The lowest BCUT2D eigenvalue weighted by molar-refractivity contribution is 0.570. The van der Waals surface area contributed by atoms with Gasteiger partial charge in [0.05, 0.1) is 0 Å². The Balaban J connectivity index is 2.31. The van der Waals surface area contributed by atoms with Crippen molar-refractivity contribution in [3.63, 3.8) is 0 Å². The Morgan fingerprint density at radius 2 is 1.90 bits per heavy atom. The van der Waals surface area contributed by atoms with Crippen LogP contribution in [0.25, 0.3) is 0 Å². The number of guanidine groups is 1. The lowest BCUT2D eigenvalue weighted by Crippen LogP contribution is -2.38. The first kappa shape index (κ1) is 16.4. The first-order valence-electron chi connectivity index (χ1n) is 7.05. The maximum Gasteiger partial charge on any atom is 0.190 e. The van der Waals surface area contributed by atoms with Crippen molar-refractivity contribution in [2.75, 3.05) is 20.1 Å². The van der Waals surface area contributed by atoms with Crippen LogP contribution in [0, 0.1) is 11.6 Å². The Bertz CT molecular complexity index is 433. The minimum Gasteiger partial charge on any atom is -0.356 e.